The van der Waals surface area contributed by atoms with Crippen LogP contribution < -0.4 is 10.6 Å². The molecule has 3 nitrogen and oxygen atoms in total. The number of nitrogens with zero attached hydrogens (tertiary/aromatic N) is 1. The first-order valence-electron chi connectivity index (χ1n) is 5.11. The van der Waals surface area contributed by atoms with E-state index in [-0.39, 0.29) is 6.61 Å². The highest BCUT2D eigenvalue weighted by atomic mass is 79.9. The highest BCUT2D eigenvalue weighted by Gasteiger charge is 2.23. The summed E-state index contributed by atoms with van der Waals surface area (Å²) in [4.78, 5) is 2.28. The minimum absolute atomic E-state index is 0.281. The van der Waals surface area contributed by atoms with Crippen molar-refractivity contribution < 1.29 is 5.11 Å². The monoisotopic (exact) mass is 270 g/mol. The summed E-state index contributed by atoms with van der Waals surface area (Å²) in [5.74, 6) is 0.412. The van der Waals surface area contributed by atoms with Gasteiger partial charge >= 0.3 is 0 Å². The molecular formula is C11H15BrN2O. The standard InChI is InChI=1S/C11H15BrN2O/c12-10-5-9(13)1-2-11(10)14-4-3-8(6-14)7-15/h1-2,5,8,15H,3-4,6-7,13H2/t8-/m0/s1. The van der Waals surface area contributed by atoms with Gasteiger partial charge in [0, 0.05) is 35.8 Å². The first kappa shape index (κ1) is 10.8. The summed E-state index contributed by atoms with van der Waals surface area (Å²) in [5, 5.41) is 9.09. The SMILES string of the molecule is Nc1ccc(N2CC[C@H](CO)C2)c(Br)c1. The van der Waals surface area contributed by atoms with Crippen LogP contribution in [0, 0.1) is 5.92 Å². The van der Waals surface area contributed by atoms with Crippen LogP contribution in [0.5, 0.6) is 0 Å². The van der Waals surface area contributed by atoms with Gasteiger partial charge in [0.1, 0.15) is 0 Å². The van der Waals surface area contributed by atoms with Crippen LogP contribution in [0.25, 0.3) is 0 Å². The number of aliphatic hydroxyl groups is 1. The summed E-state index contributed by atoms with van der Waals surface area (Å²) in [7, 11) is 0. The fraction of sp³-hybridized carbons (Fsp3) is 0.455. The van der Waals surface area contributed by atoms with Crippen molar-refractivity contribution in [1.29, 1.82) is 0 Å². The number of halogens is 1. The van der Waals surface area contributed by atoms with Gasteiger partial charge in [0.25, 0.3) is 0 Å². The molecule has 1 heterocycles. The Morgan fingerprint density at radius 3 is 2.93 bits per heavy atom. The molecule has 1 atom stereocenters. The number of anilines is 2. The van der Waals surface area contributed by atoms with Crippen molar-refractivity contribution in [2.24, 2.45) is 5.92 Å². The van der Waals surface area contributed by atoms with Gasteiger partial charge in [-0.05, 0) is 40.5 Å². The Morgan fingerprint density at radius 1 is 1.53 bits per heavy atom. The third-order valence-corrected chi connectivity index (χ3v) is 3.49. The normalized spacial score (nSPS) is 20.9. The van der Waals surface area contributed by atoms with Gasteiger partial charge in [-0.25, -0.2) is 0 Å². The molecule has 82 valence electrons. The third-order valence-electron chi connectivity index (χ3n) is 2.86. The van der Waals surface area contributed by atoms with E-state index >= 15 is 0 Å². The van der Waals surface area contributed by atoms with E-state index in [1.165, 1.54) is 5.69 Å². The van der Waals surface area contributed by atoms with Crippen molar-refractivity contribution in [2.45, 2.75) is 6.42 Å². The number of hydrogen-bond donors (Lipinski definition) is 2. The van der Waals surface area contributed by atoms with Crippen LogP contribution in [0.2, 0.25) is 0 Å². The Hall–Kier alpha value is -0.740. The maximum Gasteiger partial charge on any atom is 0.0512 e. The van der Waals surface area contributed by atoms with Crippen LogP contribution in [0.3, 0.4) is 0 Å². The molecule has 15 heavy (non-hydrogen) atoms. The number of nitrogens with two attached hydrogens (primary N) is 1. The molecule has 0 unspecified atom stereocenters. The maximum absolute atomic E-state index is 9.09. The Morgan fingerprint density at radius 2 is 2.33 bits per heavy atom. The van der Waals surface area contributed by atoms with Crippen molar-refractivity contribution in [3.05, 3.63) is 22.7 Å². The first-order valence-corrected chi connectivity index (χ1v) is 5.91. The molecule has 0 amide bonds. The largest absolute Gasteiger partial charge is 0.399 e. The molecule has 0 radical (unpaired) electrons. The lowest BCUT2D eigenvalue weighted by Gasteiger charge is -2.20. The van der Waals surface area contributed by atoms with Gasteiger partial charge in [0.05, 0.1) is 5.69 Å². The van der Waals surface area contributed by atoms with Crippen molar-refractivity contribution >= 4 is 27.3 Å². The summed E-state index contributed by atoms with van der Waals surface area (Å²) >= 11 is 3.51. The van der Waals surface area contributed by atoms with Crippen LogP contribution >= 0.6 is 15.9 Å². The van der Waals surface area contributed by atoms with Crippen LogP contribution in [0.4, 0.5) is 11.4 Å². The Bertz CT molecular complexity index is 356. The molecule has 1 aliphatic heterocycles. The van der Waals surface area contributed by atoms with Gasteiger partial charge in [-0.2, -0.15) is 0 Å². The third kappa shape index (κ3) is 2.26. The van der Waals surface area contributed by atoms with Crippen LogP contribution in [0.15, 0.2) is 22.7 Å². The van der Waals surface area contributed by atoms with E-state index in [4.69, 9.17) is 10.8 Å². The van der Waals surface area contributed by atoms with Gasteiger partial charge in [-0.1, -0.05) is 0 Å². The molecule has 2 rings (SSSR count). The lowest BCUT2D eigenvalue weighted by atomic mass is 10.1. The number of aliphatic hydroxyl groups excluding tert-OH is 1. The van der Waals surface area contributed by atoms with E-state index < -0.39 is 0 Å². The van der Waals surface area contributed by atoms with Crippen molar-refractivity contribution in [3.63, 3.8) is 0 Å². The lowest BCUT2D eigenvalue weighted by molar-refractivity contribution is 0.238. The Kier molecular flexibility index (Phi) is 3.17. The number of rotatable bonds is 2. The van der Waals surface area contributed by atoms with Gasteiger partial charge in [0.2, 0.25) is 0 Å². The predicted octanol–water partition coefficient (Wildman–Crippen LogP) is 1.85. The molecule has 1 aromatic rings. The average Bonchev–Trinajstić information content (AvgIpc) is 2.66. The van der Waals surface area contributed by atoms with Gasteiger partial charge < -0.3 is 15.7 Å². The number of benzene rings is 1. The van der Waals surface area contributed by atoms with Crippen LogP contribution in [-0.4, -0.2) is 24.8 Å². The molecule has 0 saturated carbocycles. The second kappa shape index (κ2) is 4.41. The summed E-state index contributed by atoms with van der Waals surface area (Å²) < 4.78 is 1.03. The Balaban J connectivity index is 2.17. The summed E-state index contributed by atoms with van der Waals surface area (Å²) in [6.45, 7) is 2.22. The maximum atomic E-state index is 9.09. The smallest absolute Gasteiger partial charge is 0.0512 e. The highest BCUT2D eigenvalue weighted by molar-refractivity contribution is 9.10. The quantitative estimate of drug-likeness (QED) is 0.807. The molecule has 0 aromatic heterocycles. The molecule has 1 fully saturated rings. The van der Waals surface area contributed by atoms with Crippen molar-refractivity contribution in [2.75, 3.05) is 30.3 Å². The van der Waals surface area contributed by atoms with E-state index in [0.29, 0.717) is 5.92 Å². The van der Waals surface area contributed by atoms with Crippen LogP contribution in [0.1, 0.15) is 6.42 Å². The topological polar surface area (TPSA) is 49.5 Å². The first-order chi connectivity index (χ1) is 7.20. The van der Waals surface area contributed by atoms with E-state index in [9.17, 15) is 0 Å². The summed E-state index contributed by atoms with van der Waals surface area (Å²) in [5.41, 5.74) is 7.63. The number of hydrogen-bond acceptors (Lipinski definition) is 3. The molecule has 3 N–H and O–H groups in total. The second-order valence-corrected chi connectivity index (χ2v) is 4.85. The molecular weight excluding hydrogens is 256 g/mol. The molecule has 1 saturated heterocycles. The van der Waals surface area contributed by atoms with E-state index in [2.05, 4.69) is 20.8 Å². The fourth-order valence-corrected chi connectivity index (χ4v) is 2.63. The highest BCUT2D eigenvalue weighted by Crippen LogP contribution is 2.31. The molecule has 4 heteroatoms. The summed E-state index contributed by atoms with van der Waals surface area (Å²) in [6, 6.07) is 5.85. The minimum Gasteiger partial charge on any atom is -0.399 e. The molecule has 0 aliphatic carbocycles. The van der Waals surface area contributed by atoms with Gasteiger partial charge in [-0.15, -0.1) is 0 Å². The zero-order valence-electron chi connectivity index (χ0n) is 8.49. The van der Waals surface area contributed by atoms with Crippen LogP contribution in [-0.2, 0) is 0 Å². The van der Waals surface area contributed by atoms with Gasteiger partial charge in [-0.3, -0.25) is 0 Å². The summed E-state index contributed by atoms with van der Waals surface area (Å²) in [6.07, 6.45) is 1.06. The minimum atomic E-state index is 0.281. The van der Waals surface area contributed by atoms with E-state index in [1.54, 1.807) is 0 Å². The van der Waals surface area contributed by atoms with Crippen molar-refractivity contribution in [3.8, 4) is 0 Å². The zero-order valence-corrected chi connectivity index (χ0v) is 10.1. The van der Waals surface area contributed by atoms with Crippen molar-refractivity contribution in [1.82, 2.24) is 0 Å². The average molecular weight is 271 g/mol. The van der Waals surface area contributed by atoms with Gasteiger partial charge in [0.15, 0.2) is 0 Å². The zero-order chi connectivity index (χ0) is 10.8. The fourth-order valence-electron chi connectivity index (χ4n) is 1.98. The van der Waals surface area contributed by atoms with E-state index in [0.717, 1.165) is 29.7 Å². The molecule has 0 spiro atoms. The lowest BCUT2D eigenvalue weighted by Crippen LogP contribution is -2.20. The predicted molar refractivity (Wildman–Crippen MR) is 66.0 cm³/mol. The molecule has 0 bridgehead atoms. The van der Waals surface area contributed by atoms with E-state index in [1.807, 2.05) is 18.2 Å². The Labute approximate surface area is 98.0 Å². The molecule has 1 aliphatic rings. The molecule has 1 aromatic carbocycles. The number of nitrogen functional groups attached to an aromatic ring is 1. The second-order valence-electron chi connectivity index (χ2n) is 3.99.